The molecule has 0 radical (unpaired) electrons. The second-order valence-electron chi connectivity index (χ2n) is 4.88. The normalized spacial score (nSPS) is 21.6. The van der Waals surface area contributed by atoms with Crippen molar-refractivity contribution in [2.24, 2.45) is 11.8 Å². The van der Waals surface area contributed by atoms with Gasteiger partial charge in [-0.3, -0.25) is 9.89 Å². The molecule has 0 spiro atoms. The molecule has 0 saturated heterocycles. The van der Waals surface area contributed by atoms with Crippen molar-refractivity contribution in [3.8, 4) is 11.1 Å². The summed E-state index contributed by atoms with van der Waals surface area (Å²) in [6, 6.07) is 7.82. The van der Waals surface area contributed by atoms with Crippen molar-refractivity contribution in [1.82, 2.24) is 10.2 Å². The van der Waals surface area contributed by atoms with E-state index >= 15 is 0 Å². The van der Waals surface area contributed by atoms with E-state index in [2.05, 4.69) is 22.4 Å². The fourth-order valence-electron chi connectivity index (χ4n) is 2.11. The molecule has 0 bridgehead atoms. The van der Waals surface area contributed by atoms with E-state index in [1.165, 1.54) is 0 Å². The lowest BCUT2D eigenvalue weighted by Gasteiger charge is -2.06. The molecule has 1 aromatic heterocycles. The van der Waals surface area contributed by atoms with E-state index in [0.29, 0.717) is 5.92 Å². The van der Waals surface area contributed by atoms with E-state index < -0.39 is 0 Å². The van der Waals surface area contributed by atoms with E-state index in [0.717, 1.165) is 23.2 Å². The number of aromatic nitrogens is 2. The summed E-state index contributed by atoms with van der Waals surface area (Å²) in [7, 11) is 0. The number of carbonyl (C=O) groups is 1. The highest BCUT2D eigenvalue weighted by atomic mass is 16.2. The van der Waals surface area contributed by atoms with Crippen molar-refractivity contribution in [2.45, 2.75) is 13.3 Å². The molecule has 2 aromatic rings. The number of H-pyrrole nitrogens is 1. The van der Waals surface area contributed by atoms with Crippen LogP contribution >= 0.6 is 0 Å². The second-order valence-corrected chi connectivity index (χ2v) is 4.88. The average Bonchev–Trinajstić information content (AvgIpc) is 2.90. The predicted octanol–water partition coefficient (Wildman–Crippen LogP) is 2.67. The van der Waals surface area contributed by atoms with Gasteiger partial charge in [-0.1, -0.05) is 19.1 Å². The van der Waals surface area contributed by atoms with Crippen molar-refractivity contribution < 1.29 is 4.79 Å². The molecular formula is C14H15N3O. The molecule has 1 aliphatic rings. The van der Waals surface area contributed by atoms with Gasteiger partial charge in [0.25, 0.3) is 0 Å². The lowest BCUT2D eigenvalue weighted by Crippen LogP contribution is -2.14. The van der Waals surface area contributed by atoms with Crippen molar-refractivity contribution >= 4 is 11.6 Å². The number of hydrogen-bond donors (Lipinski definition) is 2. The molecule has 3 rings (SSSR count). The van der Waals surface area contributed by atoms with Crippen LogP contribution in [0.2, 0.25) is 0 Å². The topological polar surface area (TPSA) is 57.8 Å². The molecule has 92 valence electrons. The van der Waals surface area contributed by atoms with Crippen LogP contribution in [0.15, 0.2) is 36.7 Å². The zero-order valence-corrected chi connectivity index (χ0v) is 10.2. The minimum Gasteiger partial charge on any atom is -0.326 e. The Morgan fingerprint density at radius 2 is 2.28 bits per heavy atom. The van der Waals surface area contributed by atoms with Gasteiger partial charge < -0.3 is 5.32 Å². The number of aromatic amines is 1. The van der Waals surface area contributed by atoms with Gasteiger partial charge in [0.2, 0.25) is 5.91 Å². The molecule has 1 fully saturated rings. The number of nitrogens with zero attached hydrogens (tertiary/aromatic N) is 1. The summed E-state index contributed by atoms with van der Waals surface area (Å²) >= 11 is 0. The monoisotopic (exact) mass is 241 g/mol. The zero-order chi connectivity index (χ0) is 12.5. The zero-order valence-electron chi connectivity index (χ0n) is 10.2. The van der Waals surface area contributed by atoms with Crippen molar-refractivity contribution in [3.63, 3.8) is 0 Å². The van der Waals surface area contributed by atoms with Crippen LogP contribution in [0.25, 0.3) is 11.1 Å². The molecule has 2 atom stereocenters. The number of amides is 1. The smallest absolute Gasteiger partial charge is 0.227 e. The third-order valence-corrected chi connectivity index (χ3v) is 3.41. The van der Waals surface area contributed by atoms with Crippen molar-refractivity contribution in [1.29, 1.82) is 0 Å². The van der Waals surface area contributed by atoms with Gasteiger partial charge >= 0.3 is 0 Å². The fraction of sp³-hybridized carbons (Fsp3) is 0.286. The van der Waals surface area contributed by atoms with Crippen LogP contribution in [0.5, 0.6) is 0 Å². The van der Waals surface area contributed by atoms with Crippen molar-refractivity contribution in [3.05, 3.63) is 36.7 Å². The molecule has 2 N–H and O–H groups in total. The third kappa shape index (κ3) is 2.14. The first-order chi connectivity index (χ1) is 8.74. The van der Waals surface area contributed by atoms with Gasteiger partial charge in [-0.25, -0.2) is 0 Å². The highest BCUT2D eigenvalue weighted by Gasteiger charge is 2.39. The van der Waals surface area contributed by atoms with Gasteiger partial charge in [0, 0.05) is 23.4 Å². The summed E-state index contributed by atoms with van der Waals surface area (Å²) in [5.41, 5.74) is 2.91. The Hall–Kier alpha value is -2.10. The van der Waals surface area contributed by atoms with E-state index in [1.54, 1.807) is 6.20 Å². The highest BCUT2D eigenvalue weighted by Crippen LogP contribution is 2.38. The standard InChI is InChI=1S/C14H15N3O/c1-9-5-13(9)14(18)17-12-4-2-3-10(6-12)11-7-15-16-8-11/h2-4,6-9,13H,5H2,1H3,(H,15,16)(H,17,18)/t9-,13-/m1/s1. The molecule has 1 amide bonds. The maximum atomic E-state index is 11.9. The lowest BCUT2D eigenvalue weighted by atomic mass is 10.1. The lowest BCUT2D eigenvalue weighted by molar-refractivity contribution is -0.117. The molecule has 0 unspecified atom stereocenters. The van der Waals surface area contributed by atoms with Crippen LogP contribution in [-0.4, -0.2) is 16.1 Å². The minimum atomic E-state index is 0.131. The first kappa shape index (κ1) is 11.0. The summed E-state index contributed by atoms with van der Waals surface area (Å²) in [5.74, 6) is 0.858. The molecule has 18 heavy (non-hydrogen) atoms. The Bertz CT molecular complexity index is 562. The Balaban J connectivity index is 1.77. The van der Waals surface area contributed by atoms with Crippen LogP contribution in [0.1, 0.15) is 13.3 Å². The first-order valence-electron chi connectivity index (χ1n) is 6.14. The van der Waals surface area contributed by atoms with Crippen LogP contribution in [0.3, 0.4) is 0 Å². The van der Waals surface area contributed by atoms with Gasteiger partial charge in [-0.05, 0) is 30.0 Å². The maximum absolute atomic E-state index is 11.9. The molecule has 1 saturated carbocycles. The van der Waals surface area contributed by atoms with Crippen molar-refractivity contribution in [2.75, 3.05) is 5.32 Å². The van der Waals surface area contributed by atoms with Gasteiger partial charge in [0.05, 0.1) is 6.20 Å². The summed E-state index contributed by atoms with van der Waals surface area (Å²) < 4.78 is 0. The summed E-state index contributed by atoms with van der Waals surface area (Å²) in [5, 5.41) is 9.68. The van der Waals surface area contributed by atoms with Gasteiger partial charge in [-0.15, -0.1) is 0 Å². The molecule has 1 aliphatic carbocycles. The van der Waals surface area contributed by atoms with Gasteiger partial charge in [-0.2, -0.15) is 5.10 Å². The van der Waals surface area contributed by atoms with E-state index in [1.807, 2.05) is 30.5 Å². The molecular weight excluding hydrogens is 226 g/mol. The molecule has 4 heteroatoms. The van der Waals surface area contributed by atoms with Gasteiger partial charge in [0.15, 0.2) is 0 Å². The Labute approximate surface area is 105 Å². The minimum absolute atomic E-state index is 0.131. The number of rotatable bonds is 3. The van der Waals surface area contributed by atoms with Gasteiger partial charge in [0.1, 0.15) is 0 Å². The quantitative estimate of drug-likeness (QED) is 0.868. The Morgan fingerprint density at radius 3 is 2.94 bits per heavy atom. The molecule has 0 aliphatic heterocycles. The SMILES string of the molecule is C[C@@H]1C[C@H]1C(=O)Nc1cccc(-c2cn[nH]c2)c1. The first-order valence-corrected chi connectivity index (χ1v) is 6.14. The number of hydrogen-bond acceptors (Lipinski definition) is 2. The number of nitrogens with one attached hydrogen (secondary N) is 2. The third-order valence-electron chi connectivity index (χ3n) is 3.41. The summed E-state index contributed by atoms with van der Waals surface area (Å²) in [6.45, 7) is 2.10. The number of anilines is 1. The van der Waals surface area contributed by atoms with E-state index in [-0.39, 0.29) is 11.8 Å². The molecule has 1 heterocycles. The average molecular weight is 241 g/mol. The predicted molar refractivity (Wildman–Crippen MR) is 69.9 cm³/mol. The van der Waals surface area contributed by atoms with Crippen LogP contribution < -0.4 is 5.32 Å². The largest absolute Gasteiger partial charge is 0.326 e. The fourth-order valence-corrected chi connectivity index (χ4v) is 2.11. The summed E-state index contributed by atoms with van der Waals surface area (Å²) in [4.78, 5) is 11.9. The van der Waals surface area contributed by atoms with E-state index in [4.69, 9.17) is 0 Å². The molecule has 4 nitrogen and oxygen atoms in total. The van der Waals surface area contributed by atoms with Crippen LogP contribution in [0, 0.1) is 11.8 Å². The Morgan fingerprint density at radius 1 is 1.44 bits per heavy atom. The van der Waals surface area contributed by atoms with Crippen LogP contribution in [0.4, 0.5) is 5.69 Å². The number of carbonyl (C=O) groups excluding carboxylic acids is 1. The number of benzene rings is 1. The van der Waals surface area contributed by atoms with Crippen LogP contribution in [-0.2, 0) is 4.79 Å². The molecule has 1 aromatic carbocycles. The van der Waals surface area contributed by atoms with E-state index in [9.17, 15) is 4.79 Å². The summed E-state index contributed by atoms with van der Waals surface area (Å²) in [6.07, 6.45) is 4.61. The highest BCUT2D eigenvalue weighted by molar-refractivity contribution is 5.94. The maximum Gasteiger partial charge on any atom is 0.227 e. The second kappa shape index (κ2) is 4.29. The Kier molecular flexibility index (Phi) is 2.63.